The molecule has 0 radical (unpaired) electrons. The van der Waals surface area contributed by atoms with Gasteiger partial charge in [0.2, 0.25) is 0 Å². The molecule has 13 rings (SSSR count). The van der Waals surface area contributed by atoms with Crippen LogP contribution in [-0.2, 0) is 6.42 Å². The number of para-hydroxylation sites is 2. The van der Waals surface area contributed by atoms with Gasteiger partial charge in [0.1, 0.15) is 5.65 Å². The van der Waals surface area contributed by atoms with Crippen LogP contribution in [0.4, 0.5) is 0 Å². The van der Waals surface area contributed by atoms with Crippen molar-refractivity contribution in [1.82, 2.24) is 9.38 Å². The molecule has 59 heavy (non-hydrogen) atoms. The van der Waals surface area contributed by atoms with Gasteiger partial charge < -0.3 is 0 Å². The van der Waals surface area contributed by atoms with E-state index in [9.17, 15) is 0 Å². The van der Waals surface area contributed by atoms with E-state index in [-0.39, 0.29) is 0 Å². The molecule has 0 saturated heterocycles. The topological polar surface area (TPSA) is 17.3 Å². The summed E-state index contributed by atoms with van der Waals surface area (Å²) in [6, 6.07) is 67.8. The smallest absolute Gasteiger partial charge is 0.146 e. The first-order chi connectivity index (χ1) is 29.2. The minimum Gasteiger partial charge on any atom is -0.292 e. The summed E-state index contributed by atoms with van der Waals surface area (Å²) in [5.41, 5.74) is 14.4. The first-order valence-electron chi connectivity index (χ1n) is 20.7. The molecule has 2 heterocycles. The van der Waals surface area contributed by atoms with Gasteiger partial charge >= 0.3 is 0 Å². The Kier molecular flexibility index (Phi) is 6.88. The number of imidazole rings is 1. The molecule has 1 aliphatic carbocycles. The third kappa shape index (κ3) is 4.90. The summed E-state index contributed by atoms with van der Waals surface area (Å²) >= 11 is 0. The first kappa shape index (κ1) is 32.5. The maximum Gasteiger partial charge on any atom is 0.146 e. The van der Waals surface area contributed by atoms with E-state index in [1.807, 2.05) is 0 Å². The lowest BCUT2D eigenvalue weighted by atomic mass is 9.83. The molecular weight excluding hydrogens is 713 g/mol. The van der Waals surface area contributed by atoms with Crippen LogP contribution in [0, 0.1) is 0 Å². The van der Waals surface area contributed by atoms with Crippen molar-refractivity contribution in [3.8, 4) is 33.4 Å². The van der Waals surface area contributed by atoms with Crippen molar-refractivity contribution >= 4 is 87.5 Å². The van der Waals surface area contributed by atoms with E-state index in [2.05, 4.69) is 199 Å². The Bertz CT molecular complexity index is 3790. The highest BCUT2D eigenvalue weighted by Gasteiger charge is 2.20. The van der Waals surface area contributed by atoms with Crippen LogP contribution in [0.2, 0.25) is 0 Å². The largest absolute Gasteiger partial charge is 0.292 e. The van der Waals surface area contributed by atoms with Gasteiger partial charge in [0, 0.05) is 10.8 Å². The van der Waals surface area contributed by atoms with E-state index in [4.69, 9.17) is 4.98 Å². The molecule has 1 aliphatic rings. The zero-order valence-corrected chi connectivity index (χ0v) is 32.3. The van der Waals surface area contributed by atoms with Gasteiger partial charge in [-0.2, -0.15) is 0 Å². The number of fused-ring (bicyclic) bond motifs is 13. The van der Waals surface area contributed by atoms with Crippen LogP contribution in [-0.4, -0.2) is 9.38 Å². The number of pyridine rings is 1. The second kappa shape index (κ2) is 12.5. The summed E-state index contributed by atoms with van der Waals surface area (Å²) in [5, 5.41) is 13.6. The summed E-state index contributed by atoms with van der Waals surface area (Å²) in [4.78, 5) is 5.26. The van der Waals surface area contributed by atoms with Crippen molar-refractivity contribution in [1.29, 1.82) is 0 Å². The second-order valence-corrected chi connectivity index (χ2v) is 16.2. The summed E-state index contributed by atoms with van der Waals surface area (Å²) in [6.07, 6.45) is 6.82. The standard InChI is InChI=1S/C57H36N2/c1-3-13-37-29-43(23-21-35(37)11-1)55-46-17-7-8-18-47(46)56(44-24-22-36-12-2-4-14-38(36)30-44)50-32-41(26-28-48(50)55)42-25-27-45-49-31-39-15-5-6-16-40(39)33-51(49)57-58-52-19-9-10-20-53(52)59(57)54(45)34-42/h2-10,12-34H,1,11H2. The van der Waals surface area contributed by atoms with Crippen LogP contribution in [0.3, 0.4) is 0 Å². The van der Waals surface area contributed by atoms with E-state index in [0.29, 0.717) is 0 Å². The minimum absolute atomic E-state index is 0.990. The lowest BCUT2D eigenvalue weighted by Gasteiger charge is -2.20. The predicted octanol–water partition coefficient (Wildman–Crippen LogP) is 15.4. The summed E-state index contributed by atoms with van der Waals surface area (Å²) in [5.74, 6) is 0. The van der Waals surface area contributed by atoms with E-state index in [1.165, 1.54) is 104 Å². The molecule has 0 amide bonds. The number of benzene rings is 10. The first-order valence-corrected chi connectivity index (χ1v) is 20.7. The van der Waals surface area contributed by atoms with Crippen molar-refractivity contribution in [2.24, 2.45) is 0 Å². The Morgan fingerprint density at radius 1 is 0.390 bits per heavy atom. The molecule has 0 saturated carbocycles. The normalized spacial score (nSPS) is 12.9. The molecule has 0 bridgehead atoms. The third-order valence-corrected chi connectivity index (χ3v) is 12.9. The van der Waals surface area contributed by atoms with E-state index in [1.54, 1.807) is 0 Å². The molecule has 12 aromatic rings. The number of nitrogens with zero attached hydrogens (tertiary/aromatic N) is 2. The molecule has 0 fully saturated rings. The average Bonchev–Trinajstić information content (AvgIpc) is 3.70. The number of hydrogen-bond donors (Lipinski definition) is 0. The van der Waals surface area contributed by atoms with Crippen molar-refractivity contribution in [2.75, 3.05) is 0 Å². The Balaban J connectivity index is 1.12. The van der Waals surface area contributed by atoms with Crippen molar-refractivity contribution < 1.29 is 0 Å². The van der Waals surface area contributed by atoms with E-state index in [0.717, 1.165) is 35.0 Å². The van der Waals surface area contributed by atoms with E-state index < -0.39 is 0 Å². The molecule has 10 aromatic carbocycles. The molecular formula is C57H36N2. The van der Waals surface area contributed by atoms with Crippen molar-refractivity contribution in [2.45, 2.75) is 12.8 Å². The fourth-order valence-corrected chi connectivity index (χ4v) is 10.1. The second-order valence-electron chi connectivity index (χ2n) is 16.2. The van der Waals surface area contributed by atoms with Crippen LogP contribution in [0.25, 0.3) is 121 Å². The molecule has 2 aromatic heterocycles. The number of aryl methyl sites for hydroxylation is 1. The Hall–Kier alpha value is -7.55. The zero-order valence-electron chi connectivity index (χ0n) is 32.3. The number of hydrogen-bond acceptors (Lipinski definition) is 1. The molecule has 0 N–H and O–H groups in total. The predicted molar refractivity (Wildman–Crippen MR) is 251 cm³/mol. The monoisotopic (exact) mass is 748 g/mol. The van der Waals surface area contributed by atoms with Gasteiger partial charge in [-0.3, -0.25) is 4.40 Å². The Morgan fingerprint density at radius 2 is 1.00 bits per heavy atom. The molecule has 0 aliphatic heterocycles. The molecule has 2 heteroatoms. The van der Waals surface area contributed by atoms with Gasteiger partial charge in [0.05, 0.1) is 16.6 Å². The number of allylic oxidation sites excluding steroid dienone is 1. The number of aromatic nitrogens is 2. The summed E-state index contributed by atoms with van der Waals surface area (Å²) < 4.78 is 2.38. The summed E-state index contributed by atoms with van der Waals surface area (Å²) in [7, 11) is 0. The molecule has 0 atom stereocenters. The minimum atomic E-state index is 0.990. The highest BCUT2D eigenvalue weighted by Crippen LogP contribution is 2.46. The Labute approximate surface area is 340 Å². The lowest BCUT2D eigenvalue weighted by molar-refractivity contribution is 0.986. The van der Waals surface area contributed by atoms with Crippen molar-refractivity contribution in [3.63, 3.8) is 0 Å². The fourth-order valence-electron chi connectivity index (χ4n) is 10.1. The van der Waals surface area contributed by atoms with Crippen LogP contribution < -0.4 is 0 Å². The van der Waals surface area contributed by atoms with Crippen LogP contribution in [0.15, 0.2) is 188 Å². The van der Waals surface area contributed by atoms with Crippen LogP contribution in [0.1, 0.15) is 17.5 Å². The molecule has 0 unspecified atom stereocenters. The maximum atomic E-state index is 5.26. The third-order valence-electron chi connectivity index (χ3n) is 12.9. The fraction of sp³-hybridized carbons (Fsp3) is 0.0351. The zero-order chi connectivity index (χ0) is 38.6. The molecule has 0 spiro atoms. The van der Waals surface area contributed by atoms with Crippen LogP contribution in [0.5, 0.6) is 0 Å². The van der Waals surface area contributed by atoms with Gasteiger partial charge in [-0.15, -0.1) is 0 Å². The highest BCUT2D eigenvalue weighted by atomic mass is 15.0. The maximum absolute atomic E-state index is 5.26. The molecule has 2 nitrogen and oxygen atoms in total. The molecule has 274 valence electrons. The lowest BCUT2D eigenvalue weighted by Crippen LogP contribution is -1.96. The quantitative estimate of drug-likeness (QED) is 0.130. The highest BCUT2D eigenvalue weighted by molar-refractivity contribution is 6.23. The van der Waals surface area contributed by atoms with Gasteiger partial charge in [-0.1, -0.05) is 146 Å². The Morgan fingerprint density at radius 3 is 1.83 bits per heavy atom. The number of rotatable bonds is 3. The SMILES string of the molecule is C1=Cc2cc(-c3c4ccccc4c(-c4ccc5ccccc5c4)c4cc(-c5ccc6c7cc8ccccc8cc7c7nc8ccccc8n7c6c5)ccc34)ccc2CC1. The summed E-state index contributed by atoms with van der Waals surface area (Å²) in [6.45, 7) is 0. The van der Waals surface area contributed by atoms with Gasteiger partial charge in [-0.05, 0) is 154 Å². The van der Waals surface area contributed by atoms with Gasteiger partial charge in [-0.25, -0.2) is 4.98 Å². The van der Waals surface area contributed by atoms with Crippen molar-refractivity contribution in [3.05, 3.63) is 199 Å². The van der Waals surface area contributed by atoms with E-state index >= 15 is 0 Å². The van der Waals surface area contributed by atoms with Gasteiger partial charge in [0.25, 0.3) is 0 Å². The van der Waals surface area contributed by atoms with Crippen LogP contribution >= 0.6 is 0 Å². The average molecular weight is 749 g/mol. The van der Waals surface area contributed by atoms with Gasteiger partial charge in [0.15, 0.2) is 0 Å².